The molecular formula is C17H13ClFN3O2S. The van der Waals surface area contributed by atoms with Crippen LogP contribution in [0.1, 0.15) is 22.1 Å². The largest absolute Gasteiger partial charge is 0.340 e. The molecule has 3 aromatic rings. The van der Waals surface area contributed by atoms with Crippen molar-refractivity contribution < 1.29 is 13.7 Å². The zero-order chi connectivity index (χ0) is 17.8. The fourth-order valence-corrected chi connectivity index (χ4v) is 3.18. The average molecular weight is 378 g/mol. The van der Waals surface area contributed by atoms with Crippen molar-refractivity contribution in [1.29, 1.82) is 0 Å². The van der Waals surface area contributed by atoms with E-state index >= 15 is 0 Å². The maximum atomic E-state index is 14.0. The lowest BCUT2D eigenvalue weighted by Gasteiger charge is -2.10. The Morgan fingerprint density at radius 2 is 2.08 bits per heavy atom. The number of hydrogen-bond acceptors (Lipinski definition) is 5. The zero-order valence-corrected chi connectivity index (χ0v) is 14.7. The molecular weight excluding hydrogens is 365 g/mol. The van der Waals surface area contributed by atoms with E-state index in [0.29, 0.717) is 23.0 Å². The smallest absolute Gasteiger partial charge is 0.256 e. The number of nitrogens with zero attached hydrogens (tertiary/aromatic N) is 2. The third-order valence-electron chi connectivity index (χ3n) is 3.26. The van der Waals surface area contributed by atoms with Crippen LogP contribution in [0, 0.1) is 12.7 Å². The number of amides is 1. The number of nitrogens with one attached hydrogen (secondary N) is 1. The summed E-state index contributed by atoms with van der Waals surface area (Å²) in [4.78, 5) is 17.4. The van der Waals surface area contributed by atoms with Crippen LogP contribution in [0.5, 0.6) is 0 Å². The fraction of sp³-hybridized carbons (Fsp3) is 0.118. The molecule has 8 heteroatoms. The summed E-state index contributed by atoms with van der Waals surface area (Å²) in [7, 11) is 0. The molecule has 1 N–H and O–H groups in total. The second-order valence-electron chi connectivity index (χ2n) is 5.07. The SMILES string of the molecule is Cc1nc(CSc2ccccc2C(=O)Nc2cccc(Cl)c2F)no1. The molecule has 0 aliphatic rings. The Morgan fingerprint density at radius 1 is 1.28 bits per heavy atom. The Hall–Kier alpha value is -2.38. The molecule has 1 amide bonds. The van der Waals surface area contributed by atoms with Gasteiger partial charge in [-0.2, -0.15) is 4.98 Å². The molecule has 0 spiro atoms. The minimum Gasteiger partial charge on any atom is -0.340 e. The predicted molar refractivity (Wildman–Crippen MR) is 94.4 cm³/mol. The van der Waals surface area contributed by atoms with Crippen LogP contribution in [-0.4, -0.2) is 16.0 Å². The Kier molecular flexibility index (Phi) is 5.35. The highest BCUT2D eigenvalue weighted by molar-refractivity contribution is 7.98. The second-order valence-corrected chi connectivity index (χ2v) is 6.49. The van der Waals surface area contributed by atoms with E-state index in [9.17, 15) is 9.18 Å². The molecule has 1 aromatic heterocycles. The molecule has 3 rings (SSSR count). The van der Waals surface area contributed by atoms with E-state index in [1.54, 1.807) is 31.2 Å². The van der Waals surface area contributed by atoms with E-state index < -0.39 is 11.7 Å². The third-order valence-corrected chi connectivity index (χ3v) is 4.62. The Balaban J connectivity index is 1.77. The highest BCUT2D eigenvalue weighted by Gasteiger charge is 2.15. The standard InChI is InChI=1S/C17H13ClFN3O2S/c1-10-20-15(22-24-10)9-25-14-8-3-2-5-11(14)17(23)21-13-7-4-6-12(18)16(13)19/h2-8H,9H2,1H3,(H,21,23). The van der Waals surface area contributed by atoms with Crippen LogP contribution < -0.4 is 5.32 Å². The molecule has 5 nitrogen and oxygen atoms in total. The summed E-state index contributed by atoms with van der Waals surface area (Å²) in [6, 6.07) is 11.5. The molecule has 0 aliphatic heterocycles. The first-order chi connectivity index (χ1) is 12.0. The van der Waals surface area contributed by atoms with Gasteiger partial charge >= 0.3 is 0 Å². The molecule has 0 aliphatic carbocycles. The number of thioether (sulfide) groups is 1. The van der Waals surface area contributed by atoms with Crippen molar-refractivity contribution in [2.75, 3.05) is 5.32 Å². The van der Waals surface area contributed by atoms with E-state index in [0.717, 1.165) is 4.90 Å². The lowest BCUT2D eigenvalue weighted by molar-refractivity contribution is 0.102. The highest BCUT2D eigenvalue weighted by atomic mass is 35.5. The van der Waals surface area contributed by atoms with Crippen molar-refractivity contribution in [1.82, 2.24) is 10.1 Å². The van der Waals surface area contributed by atoms with Crippen molar-refractivity contribution in [3.05, 3.63) is 70.6 Å². The number of aromatic nitrogens is 2. The summed E-state index contributed by atoms with van der Waals surface area (Å²) >= 11 is 7.13. The molecule has 0 radical (unpaired) electrons. The molecule has 0 saturated carbocycles. The van der Waals surface area contributed by atoms with Gasteiger partial charge in [-0.15, -0.1) is 11.8 Å². The number of benzene rings is 2. The van der Waals surface area contributed by atoms with Gasteiger partial charge < -0.3 is 9.84 Å². The van der Waals surface area contributed by atoms with Crippen LogP contribution >= 0.6 is 23.4 Å². The first-order valence-electron chi connectivity index (χ1n) is 7.31. The third kappa shape index (κ3) is 4.18. The molecule has 0 fully saturated rings. The van der Waals surface area contributed by atoms with Gasteiger partial charge in [0.15, 0.2) is 11.6 Å². The quantitative estimate of drug-likeness (QED) is 0.652. The predicted octanol–water partition coefficient (Wildman–Crippen LogP) is 4.72. The highest BCUT2D eigenvalue weighted by Crippen LogP contribution is 2.27. The minimum absolute atomic E-state index is 0.0334. The topological polar surface area (TPSA) is 68.0 Å². The van der Waals surface area contributed by atoms with Gasteiger partial charge in [-0.1, -0.05) is 35.0 Å². The molecule has 128 valence electrons. The first kappa shape index (κ1) is 17.4. The van der Waals surface area contributed by atoms with Gasteiger partial charge in [0.2, 0.25) is 5.89 Å². The fourth-order valence-electron chi connectivity index (χ4n) is 2.11. The Labute approximate surface area is 152 Å². The van der Waals surface area contributed by atoms with Crippen LogP contribution in [0.2, 0.25) is 5.02 Å². The number of carbonyl (C=O) groups excluding carboxylic acids is 1. The molecule has 1 heterocycles. The Morgan fingerprint density at radius 3 is 2.84 bits per heavy atom. The van der Waals surface area contributed by atoms with Gasteiger partial charge in [0.05, 0.1) is 22.0 Å². The van der Waals surface area contributed by atoms with Crippen molar-refractivity contribution in [2.45, 2.75) is 17.6 Å². The monoisotopic (exact) mass is 377 g/mol. The van der Waals surface area contributed by atoms with E-state index in [-0.39, 0.29) is 10.7 Å². The van der Waals surface area contributed by atoms with Crippen molar-refractivity contribution in [2.24, 2.45) is 0 Å². The van der Waals surface area contributed by atoms with Gasteiger partial charge in [-0.3, -0.25) is 4.79 Å². The molecule has 0 saturated heterocycles. The maximum absolute atomic E-state index is 14.0. The van der Waals surface area contributed by atoms with Crippen molar-refractivity contribution in [3.8, 4) is 0 Å². The van der Waals surface area contributed by atoms with Crippen LogP contribution in [-0.2, 0) is 5.75 Å². The number of halogens is 2. The van der Waals surface area contributed by atoms with Gasteiger partial charge in [-0.05, 0) is 24.3 Å². The van der Waals surface area contributed by atoms with Gasteiger partial charge in [0, 0.05) is 11.8 Å². The van der Waals surface area contributed by atoms with E-state index in [1.165, 1.54) is 23.9 Å². The average Bonchev–Trinajstić information content (AvgIpc) is 3.03. The normalized spacial score (nSPS) is 10.7. The summed E-state index contributed by atoms with van der Waals surface area (Å²) in [5.74, 6) is 0.391. The van der Waals surface area contributed by atoms with E-state index in [1.807, 2.05) is 6.07 Å². The number of hydrogen-bond donors (Lipinski definition) is 1. The molecule has 2 aromatic carbocycles. The van der Waals surface area contributed by atoms with Crippen LogP contribution in [0.4, 0.5) is 10.1 Å². The summed E-state index contributed by atoms with van der Waals surface area (Å²) < 4.78 is 18.9. The van der Waals surface area contributed by atoms with Gasteiger partial charge in [0.25, 0.3) is 5.91 Å². The lowest BCUT2D eigenvalue weighted by atomic mass is 10.2. The van der Waals surface area contributed by atoms with E-state index in [2.05, 4.69) is 15.5 Å². The summed E-state index contributed by atoms with van der Waals surface area (Å²) in [6.45, 7) is 1.71. The van der Waals surface area contributed by atoms with Gasteiger partial charge in [0.1, 0.15) is 0 Å². The summed E-state index contributed by atoms with van der Waals surface area (Å²) in [5, 5.41) is 6.32. The number of aryl methyl sites for hydroxylation is 1. The number of rotatable bonds is 5. The molecule has 0 atom stereocenters. The first-order valence-corrected chi connectivity index (χ1v) is 8.67. The van der Waals surface area contributed by atoms with E-state index in [4.69, 9.17) is 16.1 Å². The summed E-state index contributed by atoms with van der Waals surface area (Å²) in [6.07, 6.45) is 0. The summed E-state index contributed by atoms with van der Waals surface area (Å²) in [5.41, 5.74) is 0.457. The number of anilines is 1. The van der Waals surface area contributed by atoms with Crippen LogP contribution in [0.25, 0.3) is 0 Å². The van der Waals surface area contributed by atoms with Crippen molar-refractivity contribution >= 4 is 35.0 Å². The number of carbonyl (C=O) groups is 1. The van der Waals surface area contributed by atoms with Crippen LogP contribution in [0.3, 0.4) is 0 Å². The second kappa shape index (κ2) is 7.67. The van der Waals surface area contributed by atoms with Crippen molar-refractivity contribution in [3.63, 3.8) is 0 Å². The molecule has 0 unspecified atom stereocenters. The van der Waals surface area contributed by atoms with Gasteiger partial charge in [-0.25, -0.2) is 4.39 Å². The molecule has 25 heavy (non-hydrogen) atoms. The zero-order valence-electron chi connectivity index (χ0n) is 13.1. The minimum atomic E-state index is -0.662. The lowest BCUT2D eigenvalue weighted by Crippen LogP contribution is -2.14. The Bertz CT molecular complexity index is 916. The van der Waals surface area contributed by atoms with Crippen LogP contribution in [0.15, 0.2) is 51.9 Å². The molecule has 0 bridgehead atoms. The maximum Gasteiger partial charge on any atom is 0.256 e.